The molecule has 0 bridgehead atoms. The molecular weight excluding hydrogens is 220 g/mol. The average molecular weight is 234 g/mol. The minimum atomic E-state index is -3.35. The molecule has 2 saturated heterocycles. The van der Waals surface area contributed by atoms with Crippen molar-refractivity contribution in [3.8, 4) is 0 Å². The fourth-order valence-electron chi connectivity index (χ4n) is 1.76. The lowest BCUT2D eigenvalue weighted by Crippen LogP contribution is -2.49. The Balaban J connectivity index is 2.00. The fraction of sp³-hybridized carbons (Fsp3) is 0.875. The Bertz CT molecular complexity index is 348. The number of nitrogens with one attached hydrogen (secondary N) is 1. The molecule has 0 aliphatic carbocycles. The highest BCUT2D eigenvalue weighted by molar-refractivity contribution is 7.90. The predicted octanol–water partition coefficient (Wildman–Crippen LogP) is -1.46. The highest BCUT2D eigenvalue weighted by Crippen LogP contribution is 2.15. The lowest BCUT2D eigenvalue weighted by atomic mass is 10.2. The van der Waals surface area contributed by atoms with Crippen molar-refractivity contribution in [3.63, 3.8) is 0 Å². The van der Waals surface area contributed by atoms with Gasteiger partial charge in [0.05, 0.1) is 25.5 Å². The first-order chi connectivity index (χ1) is 7.09. The van der Waals surface area contributed by atoms with Gasteiger partial charge in [-0.15, -0.1) is 0 Å². The molecule has 2 aliphatic heterocycles. The van der Waals surface area contributed by atoms with Crippen LogP contribution in [-0.4, -0.2) is 56.7 Å². The summed E-state index contributed by atoms with van der Waals surface area (Å²) in [7, 11) is -3.35. The molecule has 1 atom stereocenters. The number of morpholine rings is 1. The third kappa shape index (κ3) is 2.30. The van der Waals surface area contributed by atoms with E-state index in [-0.39, 0.29) is 30.7 Å². The molecule has 0 aromatic rings. The summed E-state index contributed by atoms with van der Waals surface area (Å²) in [5.41, 5.74) is 0. The summed E-state index contributed by atoms with van der Waals surface area (Å²) in [6.45, 7) is 1.99. The molecule has 2 fully saturated rings. The summed E-state index contributed by atoms with van der Waals surface area (Å²) in [6, 6.07) is -0.0735. The van der Waals surface area contributed by atoms with E-state index in [0.29, 0.717) is 19.8 Å². The number of rotatable bonds is 2. The molecule has 0 aromatic carbocycles. The number of amides is 1. The van der Waals surface area contributed by atoms with Crippen molar-refractivity contribution in [2.45, 2.75) is 12.5 Å². The quantitative estimate of drug-likeness (QED) is 0.632. The van der Waals surface area contributed by atoms with Crippen molar-refractivity contribution in [2.75, 3.05) is 32.1 Å². The number of hydrogen-bond donors (Lipinski definition) is 1. The average Bonchev–Trinajstić information content (AvgIpc) is 2.47. The summed E-state index contributed by atoms with van der Waals surface area (Å²) < 4.78 is 29.1. The zero-order chi connectivity index (χ0) is 10.9. The normalized spacial score (nSPS) is 30.8. The van der Waals surface area contributed by atoms with E-state index in [1.807, 2.05) is 0 Å². The van der Waals surface area contributed by atoms with Gasteiger partial charge in [0.15, 0.2) is 0 Å². The van der Waals surface area contributed by atoms with E-state index in [0.717, 1.165) is 4.31 Å². The number of ether oxygens (including phenoxy) is 1. The number of nitrogens with zero attached hydrogens (tertiary/aromatic N) is 1. The Kier molecular flexibility index (Phi) is 2.94. The van der Waals surface area contributed by atoms with E-state index in [2.05, 4.69) is 5.32 Å². The predicted molar refractivity (Wildman–Crippen MR) is 52.7 cm³/mol. The van der Waals surface area contributed by atoms with E-state index in [9.17, 15) is 13.2 Å². The van der Waals surface area contributed by atoms with Crippen LogP contribution >= 0.6 is 0 Å². The Hall–Kier alpha value is -0.660. The van der Waals surface area contributed by atoms with Crippen molar-refractivity contribution < 1.29 is 17.9 Å². The van der Waals surface area contributed by atoms with E-state index in [1.54, 1.807) is 0 Å². The van der Waals surface area contributed by atoms with Crippen LogP contribution in [0.15, 0.2) is 0 Å². The highest BCUT2D eigenvalue weighted by Gasteiger charge is 2.36. The molecule has 2 rings (SSSR count). The minimum absolute atomic E-state index is 0.0561. The third-order valence-electron chi connectivity index (χ3n) is 2.57. The summed E-state index contributed by atoms with van der Waals surface area (Å²) in [5.74, 6) is -0.359. The SMILES string of the molecule is O=C1CCS(=O)(=O)N1CC1COCCN1. The van der Waals surface area contributed by atoms with Crippen molar-refractivity contribution in [1.82, 2.24) is 9.62 Å². The molecule has 1 amide bonds. The molecule has 1 unspecified atom stereocenters. The maximum Gasteiger partial charge on any atom is 0.237 e. The van der Waals surface area contributed by atoms with Crippen LogP contribution in [0.4, 0.5) is 0 Å². The molecule has 6 nitrogen and oxygen atoms in total. The van der Waals surface area contributed by atoms with Crippen LogP contribution in [-0.2, 0) is 19.6 Å². The van der Waals surface area contributed by atoms with Gasteiger partial charge in [-0.2, -0.15) is 0 Å². The van der Waals surface area contributed by atoms with Crippen molar-refractivity contribution in [2.24, 2.45) is 0 Å². The van der Waals surface area contributed by atoms with Crippen molar-refractivity contribution in [1.29, 1.82) is 0 Å². The number of carbonyl (C=O) groups excluding carboxylic acids is 1. The minimum Gasteiger partial charge on any atom is -0.378 e. The maximum absolute atomic E-state index is 11.5. The largest absolute Gasteiger partial charge is 0.378 e. The summed E-state index contributed by atoms with van der Waals surface area (Å²) in [5, 5.41) is 3.12. The van der Waals surface area contributed by atoms with Crippen LogP contribution in [0.3, 0.4) is 0 Å². The second kappa shape index (κ2) is 4.07. The van der Waals surface area contributed by atoms with Crippen molar-refractivity contribution in [3.05, 3.63) is 0 Å². The highest BCUT2D eigenvalue weighted by atomic mass is 32.2. The second-order valence-electron chi connectivity index (χ2n) is 3.72. The molecule has 0 saturated carbocycles. The van der Waals surface area contributed by atoms with Crippen LogP contribution < -0.4 is 5.32 Å². The standard InChI is InChI=1S/C8H14N2O4S/c11-8-1-4-15(12,13)10(8)5-7-6-14-3-2-9-7/h7,9H,1-6H2. The van der Waals surface area contributed by atoms with Gasteiger partial charge in [-0.25, -0.2) is 12.7 Å². The van der Waals surface area contributed by atoms with E-state index in [4.69, 9.17) is 4.74 Å². The Morgan fingerprint density at radius 3 is 2.87 bits per heavy atom. The number of sulfonamides is 1. The smallest absolute Gasteiger partial charge is 0.237 e. The summed E-state index contributed by atoms with van der Waals surface area (Å²) in [6.07, 6.45) is 0.107. The maximum atomic E-state index is 11.5. The lowest BCUT2D eigenvalue weighted by Gasteiger charge is -2.27. The molecule has 1 N–H and O–H groups in total. The number of hydrogen-bond acceptors (Lipinski definition) is 5. The summed E-state index contributed by atoms with van der Waals surface area (Å²) >= 11 is 0. The van der Waals surface area contributed by atoms with Gasteiger partial charge in [-0.3, -0.25) is 4.79 Å². The molecule has 0 aromatic heterocycles. The Morgan fingerprint density at radius 1 is 1.53 bits per heavy atom. The van der Waals surface area contributed by atoms with Crippen LogP contribution in [0.25, 0.3) is 0 Å². The second-order valence-corrected chi connectivity index (χ2v) is 5.73. The van der Waals surface area contributed by atoms with Gasteiger partial charge in [0.1, 0.15) is 0 Å². The number of carbonyl (C=O) groups is 1. The first-order valence-electron chi connectivity index (χ1n) is 4.94. The third-order valence-corrected chi connectivity index (χ3v) is 4.32. The molecule has 86 valence electrons. The van der Waals surface area contributed by atoms with E-state index in [1.165, 1.54) is 0 Å². The lowest BCUT2D eigenvalue weighted by molar-refractivity contribution is -0.125. The first-order valence-corrected chi connectivity index (χ1v) is 6.55. The van der Waals surface area contributed by atoms with Gasteiger partial charge in [0.25, 0.3) is 0 Å². The van der Waals surface area contributed by atoms with Crippen LogP contribution in [0.5, 0.6) is 0 Å². The molecule has 0 spiro atoms. The molecule has 15 heavy (non-hydrogen) atoms. The zero-order valence-corrected chi connectivity index (χ0v) is 9.12. The summed E-state index contributed by atoms with van der Waals surface area (Å²) in [4.78, 5) is 11.3. The first kappa shape index (κ1) is 10.8. The van der Waals surface area contributed by atoms with Crippen LogP contribution in [0, 0.1) is 0 Å². The molecular formula is C8H14N2O4S. The van der Waals surface area contributed by atoms with Crippen LogP contribution in [0.2, 0.25) is 0 Å². The topological polar surface area (TPSA) is 75.7 Å². The van der Waals surface area contributed by atoms with Crippen molar-refractivity contribution >= 4 is 15.9 Å². The van der Waals surface area contributed by atoms with E-state index >= 15 is 0 Å². The monoisotopic (exact) mass is 234 g/mol. The fourth-order valence-corrected chi connectivity index (χ4v) is 3.22. The molecule has 2 aliphatic rings. The van der Waals surface area contributed by atoms with Gasteiger partial charge >= 0.3 is 0 Å². The van der Waals surface area contributed by atoms with Gasteiger partial charge < -0.3 is 10.1 Å². The van der Waals surface area contributed by atoms with E-state index < -0.39 is 10.0 Å². The zero-order valence-electron chi connectivity index (χ0n) is 8.31. The molecule has 7 heteroatoms. The molecule has 2 heterocycles. The van der Waals surface area contributed by atoms with Gasteiger partial charge in [0.2, 0.25) is 15.9 Å². The van der Waals surface area contributed by atoms with Gasteiger partial charge in [0, 0.05) is 19.0 Å². The molecule has 0 radical (unpaired) electrons. The van der Waals surface area contributed by atoms with Gasteiger partial charge in [-0.1, -0.05) is 0 Å². The van der Waals surface area contributed by atoms with Gasteiger partial charge in [-0.05, 0) is 0 Å². The van der Waals surface area contributed by atoms with Crippen LogP contribution in [0.1, 0.15) is 6.42 Å². The Morgan fingerprint density at radius 2 is 2.33 bits per heavy atom. The Labute approximate surface area is 88.6 Å².